The standard InChI is InChI=1S/C9H15IO/c1-2-11-9-7-5-3-4-6-8(9)10/h5,7-9H,2-4,6H2,1H3/t8-,9-/m1/s1. The number of hydrogen-bond acceptors (Lipinski definition) is 1. The fourth-order valence-corrected chi connectivity index (χ4v) is 2.19. The topological polar surface area (TPSA) is 9.23 Å². The van der Waals surface area contributed by atoms with Crippen LogP contribution in [0.5, 0.6) is 0 Å². The molecule has 0 N–H and O–H groups in total. The summed E-state index contributed by atoms with van der Waals surface area (Å²) in [5, 5.41) is 0. The fourth-order valence-electron chi connectivity index (χ4n) is 1.30. The maximum absolute atomic E-state index is 5.58. The van der Waals surface area contributed by atoms with E-state index in [9.17, 15) is 0 Å². The smallest absolute Gasteiger partial charge is 0.0873 e. The third-order valence-electron chi connectivity index (χ3n) is 1.89. The molecule has 0 aromatic rings. The van der Waals surface area contributed by atoms with E-state index in [1.165, 1.54) is 19.3 Å². The number of allylic oxidation sites excluding steroid dienone is 1. The lowest BCUT2D eigenvalue weighted by atomic mass is 10.2. The molecule has 0 amide bonds. The maximum atomic E-state index is 5.58. The Morgan fingerprint density at radius 2 is 2.45 bits per heavy atom. The molecule has 2 atom stereocenters. The Morgan fingerprint density at radius 3 is 3.18 bits per heavy atom. The zero-order valence-corrected chi connectivity index (χ0v) is 9.08. The van der Waals surface area contributed by atoms with Gasteiger partial charge in [0.05, 0.1) is 6.10 Å². The molecule has 0 aromatic carbocycles. The highest BCUT2D eigenvalue weighted by Crippen LogP contribution is 2.21. The van der Waals surface area contributed by atoms with Gasteiger partial charge >= 0.3 is 0 Å². The average molecular weight is 266 g/mol. The van der Waals surface area contributed by atoms with E-state index in [-0.39, 0.29) is 0 Å². The van der Waals surface area contributed by atoms with Crippen LogP contribution in [0.15, 0.2) is 12.2 Å². The summed E-state index contributed by atoms with van der Waals surface area (Å²) < 4.78 is 6.25. The van der Waals surface area contributed by atoms with Crippen molar-refractivity contribution in [3.63, 3.8) is 0 Å². The van der Waals surface area contributed by atoms with Gasteiger partial charge < -0.3 is 4.74 Å². The maximum Gasteiger partial charge on any atom is 0.0873 e. The minimum absolute atomic E-state index is 0.364. The van der Waals surface area contributed by atoms with Crippen LogP contribution in [-0.4, -0.2) is 16.6 Å². The minimum Gasteiger partial charge on any atom is -0.373 e. The van der Waals surface area contributed by atoms with Gasteiger partial charge in [0, 0.05) is 10.5 Å². The van der Waals surface area contributed by atoms with Crippen LogP contribution in [0.1, 0.15) is 26.2 Å². The van der Waals surface area contributed by atoms with Gasteiger partial charge in [-0.1, -0.05) is 34.7 Å². The van der Waals surface area contributed by atoms with Crippen molar-refractivity contribution in [1.29, 1.82) is 0 Å². The van der Waals surface area contributed by atoms with Crippen molar-refractivity contribution < 1.29 is 4.74 Å². The first-order chi connectivity index (χ1) is 5.34. The molecule has 1 rings (SSSR count). The van der Waals surface area contributed by atoms with Gasteiger partial charge in [-0.2, -0.15) is 0 Å². The second-order valence-corrected chi connectivity index (χ2v) is 4.39. The van der Waals surface area contributed by atoms with E-state index in [4.69, 9.17) is 4.74 Å². The molecule has 64 valence electrons. The highest BCUT2D eigenvalue weighted by atomic mass is 127. The van der Waals surface area contributed by atoms with Crippen LogP contribution >= 0.6 is 22.6 Å². The Bertz CT molecular complexity index is 134. The van der Waals surface area contributed by atoms with E-state index in [1.807, 2.05) is 0 Å². The highest BCUT2D eigenvalue weighted by Gasteiger charge is 2.17. The molecule has 0 radical (unpaired) electrons. The molecule has 1 aliphatic rings. The number of ether oxygens (including phenoxy) is 1. The van der Waals surface area contributed by atoms with E-state index in [0.29, 0.717) is 10.0 Å². The van der Waals surface area contributed by atoms with Crippen molar-refractivity contribution in [3.8, 4) is 0 Å². The van der Waals surface area contributed by atoms with Crippen LogP contribution in [0.2, 0.25) is 0 Å². The van der Waals surface area contributed by atoms with Crippen molar-refractivity contribution >= 4 is 22.6 Å². The van der Waals surface area contributed by atoms with Gasteiger partial charge in [-0.25, -0.2) is 0 Å². The minimum atomic E-state index is 0.364. The lowest BCUT2D eigenvalue weighted by molar-refractivity contribution is 0.0970. The molecule has 0 unspecified atom stereocenters. The summed E-state index contributed by atoms with van der Waals surface area (Å²) in [6.07, 6.45) is 8.66. The Morgan fingerprint density at radius 1 is 1.64 bits per heavy atom. The molecule has 0 saturated carbocycles. The van der Waals surface area contributed by atoms with Crippen LogP contribution in [0.4, 0.5) is 0 Å². The van der Waals surface area contributed by atoms with Crippen molar-refractivity contribution in [3.05, 3.63) is 12.2 Å². The zero-order chi connectivity index (χ0) is 8.10. The molecule has 0 bridgehead atoms. The lowest BCUT2D eigenvalue weighted by Crippen LogP contribution is -2.20. The second kappa shape index (κ2) is 5.14. The average Bonchev–Trinajstić information content (AvgIpc) is 2.18. The Balaban J connectivity index is 2.43. The van der Waals surface area contributed by atoms with Gasteiger partial charge in [-0.05, 0) is 26.2 Å². The summed E-state index contributed by atoms with van der Waals surface area (Å²) in [6, 6.07) is 0. The molecular formula is C9H15IO. The number of alkyl halides is 1. The van der Waals surface area contributed by atoms with E-state index in [1.54, 1.807) is 0 Å². The highest BCUT2D eigenvalue weighted by molar-refractivity contribution is 14.1. The predicted molar refractivity (Wildman–Crippen MR) is 56.2 cm³/mol. The van der Waals surface area contributed by atoms with Gasteiger partial charge in [0.25, 0.3) is 0 Å². The Labute approximate surface area is 82.3 Å². The number of rotatable bonds is 2. The summed E-state index contributed by atoms with van der Waals surface area (Å²) in [5.41, 5.74) is 0. The van der Waals surface area contributed by atoms with E-state index in [0.717, 1.165) is 6.61 Å². The molecule has 2 heteroatoms. The van der Waals surface area contributed by atoms with E-state index >= 15 is 0 Å². The third kappa shape index (κ3) is 3.11. The Kier molecular flexibility index (Phi) is 4.45. The Hall–Kier alpha value is 0.430. The van der Waals surface area contributed by atoms with Gasteiger partial charge in [0.15, 0.2) is 0 Å². The van der Waals surface area contributed by atoms with Crippen LogP contribution in [-0.2, 0) is 4.74 Å². The van der Waals surface area contributed by atoms with Gasteiger partial charge in [-0.3, -0.25) is 0 Å². The number of hydrogen-bond donors (Lipinski definition) is 0. The summed E-state index contributed by atoms with van der Waals surface area (Å²) in [6.45, 7) is 2.89. The second-order valence-electron chi connectivity index (χ2n) is 2.80. The van der Waals surface area contributed by atoms with Crippen LogP contribution < -0.4 is 0 Å². The molecule has 0 fully saturated rings. The molecular weight excluding hydrogens is 251 g/mol. The first-order valence-corrected chi connectivity index (χ1v) is 5.51. The van der Waals surface area contributed by atoms with Crippen molar-refractivity contribution in [2.75, 3.05) is 6.61 Å². The molecule has 0 spiro atoms. The largest absolute Gasteiger partial charge is 0.373 e. The first kappa shape index (κ1) is 9.52. The summed E-state index contributed by atoms with van der Waals surface area (Å²) >= 11 is 2.49. The van der Waals surface area contributed by atoms with Crippen LogP contribution in [0.3, 0.4) is 0 Å². The molecule has 1 nitrogen and oxygen atoms in total. The number of halogens is 1. The van der Waals surface area contributed by atoms with E-state index in [2.05, 4.69) is 41.7 Å². The molecule has 0 saturated heterocycles. The third-order valence-corrected chi connectivity index (χ3v) is 3.22. The molecule has 0 aromatic heterocycles. The van der Waals surface area contributed by atoms with Gasteiger partial charge in [-0.15, -0.1) is 0 Å². The van der Waals surface area contributed by atoms with Crippen LogP contribution in [0.25, 0.3) is 0 Å². The van der Waals surface area contributed by atoms with Crippen LogP contribution in [0, 0.1) is 0 Å². The first-order valence-electron chi connectivity index (χ1n) is 4.27. The van der Waals surface area contributed by atoms with Crippen molar-refractivity contribution in [2.45, 2.75) is 36.2 Å². The summed E-state index contributed by atoms with van der Waals surface area (Å²) in [7, 11) is 0. The fraction of sp³-hybridized carbons (Fsp3) is 0.778. The quantitative estimate of drug-likeness (QED) is 0.424. The SMILES string of the molecule is CCO[C@@H]1C=CCCC[C@H]1I. The zero-order valence-electron chi connectivity index (χ0n) is 6.92. The van der Waals surface area contributed by atoms with Gasteiger partial charge in [0.2, 0.25) is 0 Å². The van der Waals surface area contributed by atoms with Crippen molar-refractivity contribution in [1.82, 2.24) is 0 Å². The van der Waals surface area contributed by atoms with Gasteiger partial charge in [0.1, 0.15) is 0 Å². The summed E-state index contributed by atoms with van der Waals surface area (Å²) in [4.78, 5) is 0. The van der Waals surface area contributed by atoms with Crippen molar-refractivity contribution in [2.24, 2.45) is 0 Å². The van der Waals surface area contributed by atoms with E-state index < -0.39 is 0 Å². The predicted octanol–water partition coefficient (Wildman–Crippen LogP) is 2.94. The molecule has 1 aliphatic carbocycles. The normalized spacial score (nSPS) is 31.8. The molecule has 0 aliphatic heterocycles. The summed E-state index contributed by atoms with van der Waals surface area (Å²) in [5.74, 6) is 0. The lowest BCUT2D eigenvalue weighted by Gasteiger charge is -2.16. The molecule has 0 heterocycles. The molecule has 11 heavy (non-hydrogen) atoms. The monoisotopic (exact) mass is 266 g/mol.